The Balaban J connectivity index is 1.53. The van der Waals surface area contributed by atoms with Gasteiger partial charge in [-0.15, -0.1) is 11.8 Å². The molecule has 8 heteroatoms. The van der Waals surface area contributed by atoms with E-state index in [-0.39, 0.29) is 11.4 Å². The topological polar surface area (TPSA) is 80.0 Å². The minimum atomic E-state index is -0.308. The number of oxazole rings is 1. The number of carbonyl (C=O) groups excluding carboxylic acids is 1. The minimum Gasteiger partial charge on any atom is -0.444 e. The lowest BCUT2D eigenvalue weighted by Gasteiger charge is -2.12. The maximum atomic E-state index is 12.1. The molecule has 3 aromatic rings. The normalized spacial score (nSPS) is 11.4. The number of para-hydroxylation sites is 1. The van der Waals surface area contributed by atoms with E-state index in [1.807, 2.05) is 31.2 Å². The van der Waals surface area contributed by atoms with Gasteiger partial charge in [-0.2, -0.15) is 0 Å². The highest BCUT2D eigenvalue weighted by molar-refractivity contribution is 8.00. The number of thiazole rings is 1. The van der Waals surface area contributed by atoms with Crippen LogP contribution in [0.15, 0.2) is 45.3 Å². The van der Waals surface area contributed by atoms with Gasteiger partial charge in [0.2, 0.25) is 5.89 Å². The number of aromatic nitrogens is 2. The Morgan fingerprint density at radius 1 is 1.19 bits per heavy atom. The largest absolute Gasteiger partial charge is 0.444 e. The molecule has 0 saturated heterocycles. The molecule has 0 aliphatic rings. The zero-order valence-electron chi connectivity index (χ0n) is 15.7. The molecule has 0 aliphatic heterocycles. The Bertz CT molecular complexity index is 928. The van der Waals surface area contributed by atoms with E-state index in [2.05, 4.69) is 41.4 Å². The highest BCUT2D eigenvalue weighted by Gasteiger charge is 2.19. The number of aryl methyl sites for hydroxylation is 1. The Kier molecular flexibility index (Phi) is 5.86. The maximum absolute atomic E-state index is 12.1. The third-order valence-corrected chi connectivity index (χ3v) is 5.82. The van der Waals surface area contributed by atoms with Gasteiger partial charge in [0.15, 0.2) is 5.13 Å². The van der Waals surface area contributed by atoms with Gasteiger partial charge in [-0.1, -0.05) is 50.3 Å². The molecule has 0 saturated carbocycles. The summed E-state index contributed by atoms with van der Waals surface area (Å²) in [5, 5.41) is 6.14. The number of amides is 2. The number of anilines is 2. The van der Waals surface area contributed by atoms with Crippen LogP contribution in [0.1, 0.15) is 38.0 Å². The molecule has 0 bridgehead atoms. The van der Waals surface area contributed by atoms with Crippen LogP contribution in [0.25, 0.3) is 0 Å². The summed E-state index contributed by atoms with van der Waals surface area (Å²) in [5.41, 5.74) is 1.73. The molecule has 2 N–H and O–H groups in total. The van der Waals surface area contributed by atoms with Crippen molar-refractivity contribution in [3.8, 4) is 0 Å². The van der Waals surface area contributed by atoms with E-state index in [0.717, 1.165) is 21.2 Å². The summed E-state index contributed by atoms with van der Waals surface area (Å²) in [6.45, 7) is 8.22. The second kappa shape index (κ2) is 8.14. The summed E-state index contributed by atoms with van der Waals surface area (Å²) in [4.78, 5) is 20.7. The first-order valence-electron chi connectivity index (χ1n) is 8.49. The van der Waals surface area contributed by atoms with E-state index < -0.39 is 0 Å². The van der Waals surface area contributed by atoms with E-state index in [1.165, 1.54) is 11.3 Å². The van der Waals surface area contributed by atoms with Gasteiger partial charge in [0.1, 0.15) is 5.76 Å². The summed E-state index contributed by atoms with van der Waals surface area (Å²) in [6.07, 6.45) is 3.53. The average Bonchev–Trinajstić information content (AvgIpc) is 3.24. The predicted molar refractivity (Wildman–Crippen MR) is 111 cm³/mol. The molecule has 0 spiro atoms. The van der Waals surface area contributed by atoms with Crippen LogP contribution in [-0.4, -0.2) is 16.0 Å². The van der Waals surface area contributed by atoms with Crippen LogP contribution < -0.4 is 10.6 Å². The highest BCUT2D eigenvalue weighted by Crippen LogP contribution is 2.31. The fourth-order valence-corrected chi connectivity index (χ4v) is 3.93. The number of nitrogens with zero attached hydrogens (tertiary/aromatic N) is 2. The molecule has 0 atom stereocenters. The predicted octanol–water partition coefficient (Wildman–Crippen LogP) is 5.67. The zero-order valence-corrected chi connectivity index (χ0v) is 17.3. The molecule has 0 unspecified atom stereocenters. The zero-order chi connectivity index (χ0) is 19.4. The molecule has 2 amide bonds. The summed E-state index contributed by atoms with van der Waals surface area (Å²) >= 11 is 3.00. The van der Waals surface area contributed by atoms with Gasteiger partial charge in [0, 0.05) is 11.1 Å². The number of rotatable bonds is 5. The fourth-order valence-electron chi connectivity index (χ4n) is 2.20. The molecule has 0 fully saturated rings. The van der Waals surface area contributed by atoms with Gasteiger partial charge in [-0.05, 0) is 18.6 Å². The van der Waals surface area contributed by atoms with Crippen molar-refractivity contribution in [2.45, 2.75) is 43.1 Å². The van der Waals surface area contributed by atoms with E-state index in [0.29, 0.717) is 16.8 Å². The number of hydrogen-bond donors (Lipinski definition) is 2. The average molecular weight is 403 g/mol. The Hall–Kier alpha value is -2.32. The van der Waals surface area contributed by atoms with E-state index >= 15 is 0 Å². The molecule has 3 rings (SSSR count). The first kappa shape index (κ1) is 19.4. The molecule has 1 aromatic carbocycles. The second-order valence-electron chi connectivity index (χ2n) is 7.04. The molecule has 2 heterocycles. The fraction of sp³-hybridized carbons (Fsp3) is 0.316. The van der Waals surface area contributed by atoms with Gasteiger partial charge >= 0.3 is 6.03 Å². The third-order valence-electron chi connectivity index (χ3n) is 3.73. The van der Waals surface area contributed by atoms with Crippen molar-refractivity contribution in [3.05, 3.63) is 53.9 Å². The van der Waals surface area contributed by atoms with Crippen molar-refractivity contribution >= 4 is 39.9 Å². The monoisotopic (exact) mass is 402 g/mol. The number of benzene rings is 1. The molecule has 6 nitrogen and oxygen atoms in total. The van der Waals surface area contributed by atoms with Crippen LogP contribution >= 0.6 is 23.1 Å². The third kappa shape index (κ3) is 5.33. The van der Waals surface area contributed by atoms with Crippen molar-refractivity contribution in [3.63, 3.8) is 0 Å². The van der Waals surface area contributed by atoms with Gasteiger partial charge in [-0.3, -0.25) is 5.32 Å². The lowest BCUT2D eigenvalue weighted by Crippen LogP contribution is -2.19. The van der Waals surface area contributed by atoms with Gasteiger partial charge in [0.25, 0.3) is 0 Å². The number of nitrogens with one attached hydrogen (secondary N) is 2. The molecule has 2 aromatic heterocycles. The number of carbonyl (C=O) groups is 1. The van der Waals surface area contributed by atoms with E-state index in [1.54, 1.807) is 24.2 Å². The molecule has 27 heavy (non-hydrogen) atoms. The van der Waals surface area contributed by atoms with Gasteiger partial charge in [0.05, 0.1) is 22.4 Å². The summed E-state index contributed by atoms with van der Waals surface area (Å²) < 4.78 is 6.77. The van der Waals surface area contributed by atoms with E-state index in [9.17, 15) is 4.79 Å². The van der Waals surface area contributed by atoms with Crippen LogP contribution in [0.3, 0.4) is 0 Å². The van der Waals surface area contributed by atoms with Crippen LogP contribution in [0.2, 0.25) is 0 Å². The lowest BCUT2D eigenvalue weighted by molar-refractivity contribution is 0.262. The maximum Gasteiger partial charge on any atom is 0.325 e. The van der Waals surface area contributed by atoms with Crippen LogP contribution in [0, 0.1) is 6.92 Å². The number of thioether (sulfide) groups is 1. The summed E-state index contributed by atoms with van der Waals surface area (Å²) in [7, 11) is 0. The Morgan fingerprint density at radius 3 is 2.67 bits per heavy atom. The van der Waals surface area contributed by atoms with Gasteiger partial charge in [-0.25, -0.2) is 14.8 Å². The van der Waals surface area contributed by atoms with Crippen molar-refractivity contribution in [2.75, 3.05) is 10.6 Å². The van der Waals surface area contributed by atoms with Crippen LogP contribution in [0.5, 0.6) is 0 Å². The Labute approximate surface area is 166 Å². The van der Waals surface area contributed by atoms with Crippen molar-refractivity contribution in [1.29, 1.82) is 0 Å². The standard InChI is InChI=1S/C19H22N4O2S2/c1-12-7-5-6-8-13(12)22-17(24)23-18-21-10-16(27-18)26-11-15-20-9-14(25-15)19(2,3)4/h5-10H,11H2,1-4H3,(H2,21,22,23,24). The Morgan fingerprint density at radius 2 is 1.96 bits per heavy atom. The van der Waals surface area contributed by atoms with Crippen molar-refractivity contribution in [2.24, 2.45) is 0 Å². The first-order valence-corrected chi connectivity index (χ1v) is 10.3. The molecule has 0 radical (unpaired) electrons. The van der Waals surface area contributed by atoms with Crippen LogP contribution in [0.4, 0.5) is 15.6 Å². The summed E-state index contributed by atoms with van der Waals surface area (Å²) in [6, 6.07) is 7.31. The van der Waals surface area contributed by atoms with E-state index in [4.69, 9.17) is 4.42 Å². The van der Waals surface area contributed by atoms with Crippen molar-refractivity contribution < 1.29 is 9.21 Å². The summed E-state index contributed by atoms with van der Waals surface area (Å²) in [5.74, 6) is 2.18. The molecular formula is C19H22N4O2S2. The molecule has 142 valence electrons. The SMILES string of the molecule is Cc1ccccc1NC(=O)Nc1ncc(SCc2ncc(C(C)(C)C)o2)s1. The first-order chi connectivity index (χ1) is 12.8. The smallest absolute Gasteiger partial charge is 0.325 e. The number of hydrogen-bond acceptors (Lipinski definition) is 6. The van der Waals surface area contributed by atoms with Gasteiger partial charge < -0.3 is 9.73 Å². The quantitative estimate of drug-likeness (QED) is 0.537. The van der Waals surface area contributed by atoms with Crippen LogP contribution in [-0.2, 0) is 11.2 Å². The lowest BCUT2D eigenvalue weighted by atomic mass is 9.94. The highest BCUT2D eigenvalue weighted by atomic mass is 32.2. The second-order valence-corrected chi connectivity index (χ2v) is 9.34. The molecular weight excluding hydrogens is 380 g/mol. The van der Waals surface area contributed by atoms with Crippen molar-refractivity contribution in [1.82, 2.24) is 9.97 Å². The molecule has 0 aliphatic carbocycles. The minimum absolute atomic E-state index is 0.0536. The number of urea groups is 1.